The molecule has 0 aliphatic rings. The second kappa shape index (κ2) is 6.90. The maximum atomic E-state index is 11.9. The molecular weight excluding hydrogens is 414 g/mol. The number of carbonyl (C=O) groups excluding carboxylic acids is 1. The molecule has 0 bridgehead atoms. The van der Waals surface area contributed by atoms with E-state index in [4.69, 9.17) is 0 Å². The standard InChI is InChI=1S/C12H14Br3NO/c1-7(2)11(15)6-16-12(17)8-3-9(13)5-10(14)4-8/h3-5,7,11H,6H2,1-2H3,(H,16,17). The normalized spacial score (nSPS) is 12.6. The van der Waals surface area contributed by atoms with E-state index in [0.29, 0.717) is 22.9 Å². The number of benzene rings is 1. The Hall–Kier alpha value is 0.130. The second-order valence-electron chi connectivity index (χ2n) is 4.13. The first-order valence-corrected chi connectivity index (χ1v) is 7.78. The van der Waals surface area contributed by atoms with Crippen molar-refractivity contribution in [3.8, 4) is 0 Å². The Bertz CT molecular complexity index is 386. The van der Waals surface area contributed by atoms with Crippen molar-refractivity contribution in [2.24, 2.45) is 5.92 Å². The van der Waals surface area contributed by atoms with Crippen molar-refractivity contribution >= 4 is 53.7 Å². The second-order valence-corrected chi connectivity index (χ2v) is 7.14. The molecular formula is C12H14Br3NO. The average molecular weight is 428 g/mol. The van der Waals surface area contributed by atoms with Gasteiger partial charge in [0.05, 0.1) is 0 Å². The molecule has 0 saturated heterocycles. The molecule has 1 unspecified atom stereocenters. The van der Waals surface area contributed by atoms with Crippen molar-refractivity contribution in [3.05, 3.63) is 32.7 Å². The van der Waals surface area contributed by atoms with Crippen molar-refractivity contribution in [1.82, 2.24) is 5.32 Å². The van der Waals surface area contributed by atoms with Gasteiger partial charge in [-0.15, -0.1) is 0 Å². The first-order chi connectivity index (χ1) is 7.90. The van der Waals surface area contributed by atoms with E-state index >= 15 is 0 Å². The Morgan fingerprint density at radius 3 is 2.24 bits per heavy atom. The van der Waals surface area contributed by atoms with Gasteiger partial charge in [-0.05, 0) is 24.1 Å². The zero-order chi connectivity index (χ0) is 13.0. The highest BCUT2D eigenvalue weighted by Gasteiger charge is 2.12. The maximum Gasteiger partial charge on any atom is 0.251 e. The molecule has 0 heterocycles. The molecule has 1 N–H and O–H groups in total. The number of hydrogen-bond donors (Lipinski definition) is 1. The van der Waals surface area contributed by atoms with Gasteiger partial charge in [0.2, 0.25) is 0 Å². The van der Waals surface area contributed by atoms with E-state index in [1.165, 1.54) is 0 Å². The summed E-state index contributed by atoms with van der Waals surface area (Å²) in [6.45, 7) is 4.85. The van der Waals surface area contributed by atoms with E-state index in [-0.39, 0.29) is 5.91 Å². The molecule has 0 fully saturated rings. The maximum absolute atomic E-state index is 11.9. The largest absolute Gasteiger partial charge is 0.351 e. The Morgan fingerprint density at radius 1 is 1.24 bits per heavy atom. The minimum atomic E-state index is -0.0582. The molecule has 5 heteroatoms. The number of alkyl halides is 1. The summed E-state index contributed by atoms with van der Waals surface area (Å²) in [7, 11) is 0. The molecule has 0 aromatic heterocycles. The highest BCUT2D eigenvalue weighted by molar-refractivity contribution is 9.11. The fourth-order valence-electron chi connectivity index (χ4n) is 1.21. The summed E-state index contributed by atoms with van der Waals surface area (Å²) in [5, 5.41) is 2.91. The summed E-state index contributed by atoms with van der Waals surface area (Å²) in [5.74, 6) is 0.432. The summed E-state index contributed by atoms with van der Waals surface area (Å²) in [6, 6.07) is 5.51. The molecule has 0 aliphatic carbocycles. The van der Waals surface area contributed by atoms with E-state index in [1.807, 2.05) is 6.07 Å². The Balaban J connectivity index is 2.64. The SMILES string of the molecule is CC(C)C(Br)CNC(=O)c1cc(Br)cc(Br)c1. The van der Waals surface area contributed by atoms with E-state index in [0.717, 1.165) is 8.95 Å². The average Bonchev–Trinajstić information content (AvgIpc) is 2.23. The quantitative estimate of drug-likeness (QED) is 0.710. The van der Waals surface area contributed by atoms with Crippen LogP contribution in [0.15, 0.2) is 27.1 Å². The lowest BCUT2D eigenvalue weighted by molar-refractivity contribution is 0.0952. The molecule has 0 radical (unpaired) electrons. The van der Waals surface area contributed by atoms with Crippen LogP contribution >= 0.6 is 47.8 Å². The molecule has 94 valence electrons. The van der Waals surface area contributed by atoms with Crippen LogP contribution in [0.2, 0.25) is 0 Å². The van der Waals surface area contributed by atoms with Crippen LogP contribution in [0.1, 0.15) is 24.2 Å². The third-order valence-electron chi connectivity index (χ3n) is 2.31. The van der Waals surface area contributed by atoms with Crippen LogP contribution in [0.25, 0.3) is 0 Å². The minimum Gasteiger partial charge on any atom is -0.351 e. The summed E-state index contributed by atoms with van der Waals surface area (Å²) in [4.78, 5) is 12.2. The van der Waals surface area contributed by atoms with Gasteiger partial charge in [0.1, 0.15) is 0 Å². The van der Waals surface area contributed by atoms with Crippen molar-refractivity contribution in [2.45, 2.75) is 18.7 Å². The van der Waals surface area contributed by atoms with Gasteiger partial charge in [-0.3, -0.25) is 4.79 Å². The number of rotatable bonds is 4. The highest BCUT2D eigenvalue weighted by atomic mass is 79.9. The third-order valence-corrected chi connectivity index (χ3v) is 4.60. The molecule has 0 aliphatic heterocycles. The van der Waals surface area contributed by atoms with Crippen LogP contribution in [-0.4, -0.2) is 17.3 Å². The van der Waals surface area contributed by atoms with Gasteiger partial charge in [0, 0.05) is 25.9 Å². The van der Waals surface area contributed by atoms with E-state index < -0.39 is 0 Å². The Kier molecular flexibility index (Phi) is 6.17. The van der Waals surface area contributed by atoms with E-state index in [9.17, 15) is 4.79 Å². The van der Waals surface area contributed by atoms with Gasteiger partial charge in [-0.2, -0.15) is 0 Å². The Morgan fingerprint density at radius 2 is 1.76 bits per heavy atom. The summed E-state index contributed by atoms with van der Waals surface area (Å²) in [6.07, 6.45) is 0. The molecule has 1 aromatic carbocycles. The van der Waals surface area contributed by atoms with Crippen LogP contribution in [-0.2, 0) is 0 Å². The van der Waals surface area contributed by atoms with Gasteiger partial charge in [0.25, 0.3) is 5.91 Å². The lowest BCUT2D eigenvalue weighted by Crippen LogP contribution is -2.31. The molecule has 17 heavy (non-hydrogen) atoms. The van der Waals surface area contributed by atoms with Gasteiger partial charge >= 0.3 is 0 Å². The number of hydrogen-bond acceptors (Lipinski definition) is 1. The van der Waals surface area contributed by atoms with Gasteiger partial charge in [-0.25, -0.2) is 0 Å². The summed E-state index contributed by atoms with van der Waals surface area (Å²) < 4.78 is 1.77. The van der Waals surface area contributed by atoms with E-state index in [1.54, 1.807) is 12.1 Å². The van der Waals surface area contributed by atoms with Crippen LogP contribution in [0, 0.1) is 5.92 Å². The fourth-order valence-corrected chi connectivity index (χ4v) is 2.67. The third kappa shape index (κ3) is 5.10. The number of amides is 1. The van der Waals surface area contributed by atoms with Crippen LogP contribution in [0.5, 0.6) is 0 Å². The molecule has 1 aromatic rings. The molecule has 0 saturated carbocycles. The first-order valence-electron chi connectivity index (χ1n) is 5.28. The smallest absolute Gasteiger partial charge is 0.251 e. The van der Waals surface area contributed by atoms with Crippen molar-refractivity contribution in [1.29, 1.82) is 0 Å². The fraction of sp³-hybridized carbons (Fsp3) is 0.417. The van der Waals surface area contributed by atoms with Crippen LogP contribution < -0.4 is 5.32 Å². The van der Waals surface area contributed by atoms with Crippen molar-refractivity contribution in [2.75, 3.05) is 6.54 Å². The van der Waals surface area contributed by atoms with Gasteiger partial charge < -0.3 is 5.32 Å². The molecule has 1 atom stereocenters. The zero-order valence-electron chi connectivity index (χ0n) is 9.64. The molecule has 0 spiro atoms. The topological polar surface area (TPSA) is 29.1 Å². The van der Waals surface area contributed by atoms with E-state index in [2.05, 4.69) is 67.0 Å². The predicted octanol–water partition coefficient (Wildman–Crippen LogP) is 4.36. The lowest BCUT2D eigenvalue weighted by atomic mass is 10.1. The molecule has 2 nitrogen and oxygen atoms in total. The van der Waals surface area contributed by atoms with Gasteiger partial charge in [-0.1, -0.05) is 61.6 Å². The van der Waals surface area contributed by atoms with Gasteiger partial charge in [0.15, 0.2) is 0 Å². The number of carbonyl (C=O) groups is 1. The highest BCUT2D eigenvalue weighted by Crippen LogP contribution is 2.20. The van der Waals surface area contributed by atoms with Crippen molar-refractivity contribution < 1.29 is 4.79 Å². The monoisotopic (exact) mass is 425 g/mol. The summed E-state index contributed by atoms with van der Waals surface area (Å²) >= 11 is 10.3. The molecule has 1 amide bonds. The van der Waals surface area contributed by atoms with Crippen LogP contribution in [0.3, 0.4) is 0 Å². The number of halogens is 3. The van der Waals surface area contributed by atoms with Crippen molar-refractivity contribution in [3.63, 3.8) is 0 Å². The predicted molar refractivity (Wildman–Crippen MR) is 81.7 cm³/mol. The lowest BCUT2D eigenvalue weighted by Gasteiger charge is -2.14. The Labute approximate surface area is 127 Å². The molecule has 1 rings (SSSR count). The zero-order valence-corrected chi connectivity index (χ0v) is 14.4. The summed E-state index contributed by atoms with van der Waals surface area (Å²) in [5.41, 5.74) is 0.648. The number of nitrogens with one attached hydrogen (secondary N) is 1. The van der Waals surface area contributed by atoms with Crippen LogP contribution in [0.4, 0.5) is 0 Å². The first kappa shape index (κ1) is 15.2. The minimum absolute atomic E-state index is 0.0582.